The van der Waals surface area contributed by atoms with Crippen molar-refractivity contribution in [2.45, 2.75) is 19.9 Å². The van der Waals surface area contributed by atoms with E-state index in [4.69, 9.17) is 10.5 Å². The third kappa shape index (κ3) is 3.00. The highest BCUT2D eigenvalue weighted by atomic mass is 16.5. The predicted octanol–water partition coefficient (Wildman–Crippen LogP) is 1.86. The molecular formula is C14H17N3O2. The Morgan fingerprint density at radius 1 is 1.42 bits per heavy atom. The van der Waals surface area contributed by atoms with E-state index in [2.05, 4.69) is 10.2 Å². The van der Waals surface area contributed by atoms with Crippen molar-refractivity contribution in [1.29, 1.82) is 0 Å². The number of nitrogens with one attached hydrogen (secondary N) is 1. The van der Waals surface area contributed by atoms with Gasteiger partial charge in [0.25, 0.3) is 5.56 Å². The molecule has 0 saturated carbocycles. The van der Waals surface area contributed by atoms with Crippen molar-refractivity contribution in [3.8, 4) is 17.0 Å². The molecule has 0 amide bonds. The van der Waals surface area contributed by atoms with Gasteiger partial charge in [0, 0.05) is 17.2 Å². The normalized spacial score (nSPS) is 12.2. The highest BCUT2D eigenvalue weighted by Gasteiger charge is 2.09. The minimum atomic E-state index is -0.333. The summed E-state index contributed by atoms with van der Waals surface area (Å²) < 4.78 is 5.45. The van der Waals surface area contributed by atoms with Crippen LogP contribution in [0.1, 0.15) is 25.5 Å². The van der Waals surface area contributed by atoms with Crippen LogP contribution in [0.3, 0.4) is 0 Å². The first-order valence-corrected chi connectivity index (χ1v) is 6.20. The van der Waals surface area contributed by atoms with Crippen LogP contribution in [0.2, 0.25) is 0 Å². The van der Waals surface area contributed by atoms with Gasteiger partial charge in [-0.05, 0) is 32.0 Å². The summed E-state index contributed by atoms with van der Waals surface area (Å²) in [5.74, 6) is 0.773. The number of nitrogens with zero attached hydrogens (tertiary/aromatic N) is 1. The number of aromatic amines is 1. The number of ether oxygens (including phenoxy) is 1. The number of nitrogens with two attached hydrogens (primary N) is 1. The summed E-state index contributed by atoms with van der Waals surface area (Å²) in [6.45, 7) is 4.30. The van der Waals surface area contributed by atoms with Crippen LogP contribution in [0.5, 0.6) is 5.75 Å². The number of benzene rings is 1. The molecule has 5 heteroatoms. The largest absolute Gasteiger partial charge is 0.494 e. The van der Waals surface area contributed by atoms with E-state index in [1.54, 1.807) is 13.0 Å². The van der Waals surface area contributed by atoms with Crippen molar-refractivity contribution in [2.24, 2.45) is 5.73 Å². The Labute approximate surface area is 111 Å². The van der Waals surface area contributed by atoms with Gasteiger partial charge in [0.05, 0.1) is 12.3 Å². The zero-order chi connectivity index (χ0) is 13.8. The second-order valence-electron chi connectivity index (χ2n) is 4.29. The molecule has 0 aliphatic carbocycles. The van der Waals surface area contributed by atoms with Crippen LogP contribution in [0.4, 0.5) is 0 Å². The predicted molar refractivity (Wildman–Crippen MR) is 74.1 cm³/mol. The molecule has 0 spiro atoms. The van der Waals surface area contributed by atoms with Gasteiger partial charge in [-0.3, -0.25) is 4.79 Å². The Hall–Kier alpha value is -2.14. The van der Waals surface area contributed by atoms with Crippen molar-refractivity contribution in [2.75, 3.05) is 6.61 Å². The fraction of sp³-hybridized carbons (Fsp3) is 0.286. The molecule has 1 aromatic carbocycles. The molecule has 2 aromatic rings. The molecule has 0 saturated heterocycles. The Kier molecular flexibility index (Phi) is 3.97. The maximum Gasteiger partial charge on any atom is 0.268 e. The standard InChI is InChI=1S/C14H17N3O2/c1-3-19-11-6-4-5-10(7-11)13-8-12(9(2)15)14(18)17-16-13/h4-9H,3,15H2,1-2H3,(H,17,18). The Balaban J connectivity index is 2.44. The van der Waals surface area contributed by atoms with Crippen LogP contribution >= 0.6 is 0 Å². The fourth-order valence-electron chi connectivity index (χ4n) is 1.82. The van der Waals surface area contributed by atoms with Gasteiger partial charge >= 0.3 is 0 Å². The SMILES string of the molecule is CCOc1cccc(-c2cc(C(C)N)c(=O)[nH]n2)c1. The van der Waals surface area contributed by atoms with Gasteiger partial charge in [0.1, 0.15) is 5.75 Å². The maximum atomic E-state index is 11.6. The van der Waals surface area contributed by atoms with Crippen LogP contribution in [-0.4, -0.2) is 16.8 Å². The summed E-state index contributed by atoms with van der Waals surface area (Å²) >= 11 is 0. The summed E-state index contributed by atoms with van der Waals surface area (Å²) in [6.07, 6.45) is 0. The van der Waals surface area contributed by atoms with Crippen molar-refractivity contribution in [3.05, 3.63) is 46.2 Å². The molecule has 0 fully saturated rings. The van der Waals surface area contributed by atoms with Gasteiger partial charge in [-0.1, -0.05) is 12.1 Å². The number of aromatic nitrogens is 2. The Morgan fingerprint density at radius 3 is 2.89 bits per heavy atom. The van der Waals surface area contributed by atoms with E-state index >= 15 is 0 Å². The van der Waals surface area contributed by atoms with Gasteiger partial charge in [0.2, 0.25) is 0 Å². The fourth-order valence-corrected chi connectivity index (χ4v) is 1.82. The van der Waals surface area contributed by atoms with Crippen LogP contribution in [0, 0.1) is 0 Å². The molecule has 0 aliphatic heterocycles. The lowest BCUT2D eigenvalue weighted by Crippen LogP contribution is -2.20. The molecule has 2 rings (SSSR count). The number of rotatable bonds is 4. The quantitative estimate of drug-likeness (QED) is 0.878. The molecule has 5 nitrogen and oxygen atoms in total. The van der Waals surface area contributed by atoms with Crippen LogP contribution in [0.15, 0.2) is 35.1 Å². The summed E-state index contributed by atoms with van der Waals surface area (Å²) in [7, 11) is 0. The number of H-pyrrole nitrogens is 1. The van der Waals surface area contributed by atoms with E-state index in [1.807, 2.05) is 31.2 Å². The van der Waals surface area contributed by atoms with Crippen molar-refractivity contribution in [1.82, 2.24) is 10.2 Å². The lowest BCUT2D eigenvalue weighted by atomic mass is 10.1. The molecule has 0 aliphatic rings. The molecular weight excluding hydrogens is 242 g/mol. The minimum absolute atomic E-state index is 0.250. The highest BCUT2D eigenvalue weighted by molar-refractivity contribution is 5.61. The van der Waals surface area contributed by atoms with Gasteiger partial charge in [-0.25, -0.2) is 5.10 Å². The minimum Gasteiger partial charge on any atom is -0.494 e. The van der Waals surface area contributed by atoms with E-state index in [0.29, 0.717) is 17.9 Å². The molecule has 1 unspecified atom stereocenters. The van der Waals surface area contributed by atoms with Crippen LogP contribution in [0.25, 0.3) is 11.3 Å². The first-order valence-electron chi connectivity index (χ1n) is 6.20. The zero-order valence-electron chi connectivity index (χ0n) is 11.0. The molecule has 1 heterocycles. The van der Waals surface area contributed by atoms with Gasteiger partial charge < -0.3 is 10.5 Å². The summed E-state index contributed by atoms with van der Waals surface area (Å²) in [4.78, 5) is 11.6. The van der Waals surface area contributed by atoms with Crippen molar-refractivity contribution >= 4 is 0 Å². The lowest BCUT2D eigenvalue weighted by molar-refractivity contribution is 0.340. The molecule has 100 valence electrons. The average Bonchev–Trinajstić information content (AvgIpc) is 2.39. The van der Waals surface area contributed by atoms with E-state index in [1.165, 1.54) is 0 Å². The zero-order valence-corrected chi connectivity index (χ0v) is 11.0. The monoisotopic (exact) mass is 259 g/mol. The second kappa shape index (κ2) is 5.67. The number of hydrogen-bond acceptors (Lipinski definition) is 4. The molecule has 1 aromatic heterocycles. The highest BCUT2D eigenvalue weighted by Crippen LogP contribution is 2.22. The van der Waals surface area contributed by atoms with Crippen molar-refractivity contribution < 1.29 is 4.74 Å². The molecule has 3 N–H and O–H groups in total. The first-order chi connectivity index (χ1) is 9.11. The average molecular weight is 259 g/mol. The molecule has 19 heavy (non-hydrogen) atoms. The van der Waals surface area contributed by atoms with E-state index < -0.39 is 0 Å². The van der Waals surface area contributed by atoms with Crippen molar-refractivity contribution in [3.63, 3.8) is 0 Å². The van der Waals surface area contributed by atoms with Crippen LogP contribution in [-0.2, 0) is 0 Å². The maximum absolute atomic E-state index is 11.6. The molecule has 0 radical (unpaired) electrons. The van der Waals surface area contributed by atoms with E-state index in [-0.39, 0.29) is 11.6 Å². The van der Waals surface area contributed by atoms with E-state index in [0.717, 1.165) is 11.3 Å². The Bertz CT molecular complexity index is 620. The molecule has 1 atom stereocenters. The Morgan fingerprint density at radius 2 is 2.21 bits per heavy atom. The number of hydrogen-bond donors (Lipinski definition) is 2. The van der Waals surface area contributed by atoms with Crippen LogP contribution < -0.4 is 16.0 Å². The lowest BCUT2D eigenvalue weighted by Gasteiger charge is -2.08. The molecule has 0 bridgehead atoms. The van der Waals surface area contributed by atoms with Gasteiger partial charge in [0.15, 0.2) is 0 Å². The smallest absolute Gasteiger partial charge is 0.268 e. The third-order valence-corrected chi connectivity index (χ3v) is 2.76. The topological polar surface area (TPSA) is 81.0 Å². The third-order valence-electron chi connectivity index (χ3n) is 2.76. The first kappa shape index (κ1) is 13.3. The van der Waals surface area contributed by atoms with Gasteiger partial charge in [-0.15, -0.1) is 0 Å². The van der Waals surface area contributed by atoms with E-state index in [9.17, 15) is 4.79 Å². The summed E-state index contributed by atoms with van der Waals surface area (Å²) in [5.41, 5.74) is 7.59. The van der Waals surface area contributed by atoms with Gasteiger partial charge in [-0.2, -0.15) is 5.10 Å². The summed E-state index contributed by atoms with van der Waals surface area (Å²) in [6, 6.07) is 8.95. The second-order valence-corrected chi connectivity index (χ2v) is 4.29. The summed E-state index contributed by atoms with van der Waals surface area (Å²) in [5, 5.41) is 6.52.